The van der Waals surface area contributed by atoms with E-state index in [4.69, 9.17) is 15.9 Å². The second-order valence-corrected chi connectivity index (χ2v) is 11.6. The molecule has 0 saturated carbocycles. The molecule has 14 nitrogen and oxygen atoms in total. The van der Waals surface area contributed by atoms with Gasteiger partial charge in [0.25, 0.3) is 0 Å². The third-order valence-electron chi connectivity index (χ3n) is 7.59. The minimum atomic E-state index is -1.51. The number of aliphatic hydroxyl groups excluding tert-OH is 1. The first-order valence-corrected chi connectivity index (χ1v) is 13.5. The summed E-state index contributed by atoms with van der Waals surface area (Å²) in [5.74, 6) is -1.71. The molecule has 3 fully saturated rings. The molecule has 6 unspecified atom stereocenters. The molecule has 7 atom stereocenters. The molecule has 15 heteroatoms. The van der Waals surface area contributed by atoms with Crippen LogP contribution in [0.2, 0.25) is 0 Å². The van der Waals surface area contributed by atoms with E-state index in [1.165, 1.54) is 21.6 Å². The zero-order valence-electron chi connectivity index (χ0n) is 21.5. The maximum absolute atomic E-state index is 13.2. The van der Waals surface area contributed by atoms with E-state index in [1.54, 1.807) is 18.9 Å². The van der Waals surface area contributed by atoms with Crippen molar-refractivity contribution in [1.29, 1.82) is 5.41 Å². The Morgan fingerprint density at radius 1 is 1.39 bits per heavy atom. The van der Waals surface area contributed by atoms with E-state index in [0.717, 1.165) is 0 Å². The van der Waals surface area contributed by atoms with E-state index in [9.17, 15) is 29.4 Å². The summed E-state index contributed by atoms with van der Waals surface area (Å²) in [5.41, 5.74) is 5.37. The van der Waals surface area contributed by atoms with Gasteiger partial charge >= 0.3 is 6.16 Å². The van der Waals surface area contributed by atoms with E-state index in [0.29, 0.717) is 37.4 Å². The summed E-state index contributed by atoms with van der Waals surface area (Å²) in [7, 11) is 1.55. The normalized spacial score (nSPS) is 31.1. The van der Waals surface area contributed by atoms with Gasteiger partial charge in [0.05, 0.1) is 35.6 Å². The molecule has 0 bridgehead atoms. The molecule has 3 saturated heterocycles. The van der Waals surface area contributed by atoms with Crippen molar-refractivity contribution in [2.75, 3.05) is 33.2 Å². The molecule has 7 N–H and O–H groups in total. The van der Waals surface area contributed by atoms with Crippen molar-refractivity contribution in [2.45, 2.75) is 56.2 Å². The van der Waals surface area contributed by atoms with Crippen molar-refractivity contribution in [3.8, 4) is 0 Å². The molecule has 4 aliphatic heterocycles. The van der Waals surface area contributed by atoms with Gasteiger partial charge in [-0.1, -0.05) is 6.92 Å². The molecule has 0 radical (unpaired) electrons. The molecule has 0 spiro atoms. The second-order valence-electron chi connectivity index (χ2n) is 10.3. The smallest absolute Gasteiger partial charge is 0.449 e. The number of thioether (sulfide) groups is 1. The van der Waals surface area contributed by atoms with Crippen molar-refractivity contribution >= 4 is 41.6 Å². The number of ether oxygens (including phenoxy) is 1. The van der Waals surface area contributed by atoms with Gasteiger partial charge < -0.3 is 41.1 Å². The number of likely N-dealkylation sites (N-methyl/N-ethyl adjacent to an activating group) is 1. The first-order valence-electron chi connectivity index (χ1n) is 12.6. The molecule has 210 valence electrons. The highest BCUT2D eigenvalue weighted by atomic mass is 32.2. The van der Waals surface area contributed by atoms with E-state index in [-0.39, 0.29) is 59.4 Å². The van der Waals surface area contributed by atoms with E-state index < -0.39 is 24.2 Å². The predicted octanol–water partition coefficient (Wildman–Crippen LogP) is -1.29. The molecule has 4 heterocycles. The number of amides is 3. The fourth-order valence-corrected chi connectivity index (χ4v) is 7.06. The van der Waals surface area contributed by atoms with Crippen LogP contribution in [0, 0.1) is 17.2 Å². The minimum Gasteiger partial charge on any atom is -0.449 e. The Hall–Kier alpha value is -3.04. The van der Waals surface area contributed by atoms with Gasteiger partial charge in [0.2, 0.25) is 23.6 Å². The van der Waals surface area contributed by atoms with Crippen LogP contribution >= 0.6 is 11.8 Å². The van der Waals surface area contributed by atoms with Gasteiger partial charge in [-0.25, -0.2) is 4.79 Å². The molecule has 0 aromatic rings. The monoisotopic (exact) mass is 553 g/mol. The lowest BCUT2D eigenvalue weighted by Gasteiger charge is -2.45. The Bertz CT molecular complexity index is 1050. The number of carbonyl (C=O) groups is 4. The number of nitrogens with one attached hydrogen (secondary N) is 3. The minimum absolute atomic E-state index is 0.00483. The number of nitrogens with zero attached hydrogens (tertiary/aromatic N) is 3. The number of fused-ring (bicyclic) bond motifs is 1. The summed E-state index contributed by atoms with van der Waals surface area (Å²) in [6.45, 7) is 4.82. The van der Waals surface area contributed by atoms with Gasteiger partial charge in [-0.3, -0.25) is 24.7 Å². The van der Waals surface area contributed by atoms with Crippen LogP contribution in [0.1, 0.15) is 26.7 Å². The number of guanidine groups is 1. The highest BCUT2D eigenvalue weighted by molar-refractivity contribution is 8.03. The van der Waals surface area contributed by atoms with E-state index >= 15 is 0 Å². The number of rotatable bonds is 8. The zero-order chi connectivity index (χ0) is 27.9. The maximum Gasteiger partial charge on any atom is 0.512 e. The molecular formula is C23H35N7O7S. The highest BCUT2D eigenvalue weighted by Crippen LogP contribution is 2.52. The Kier molecular flexibility index (Phi) is 8.09. The summed E-state index contributed by atoms with van der Waals surface area (Å²) in [4.78, 5) is 54.3. The van der Waals surface area contributed by atoms with Crippen molar-refractivity contribution in [2.24, 2.45) is 17.6 Å². The van der Waals surface area contributed by atoms with Crippen LogP contribution in [0.25, 0.3) is 0 Å². The summed E-state index contributed by atoms with van der Waals surface area (Å²) >= 11 is 1.41. The first kappa shape index (κ1) is 28.0. The molecular weight excluding hydrogens is 518 g/mol. The van der Waals surface area contributed by atoms with Gasteiger partial charge in [-0.15, -0.1) is 11.8 Å². The number of likely N-dealkylation sites (tertiary alicyclic amines) is 1. The topological polar surface area (TPSA) is 202 Å². The lowest BCUT2D eigenvalue weighted by molar-refractivity contribution is -0.163. The summed E-state index contributed by atoms with van der Waals surface area (Å²) < 4.78 is 5.02. The number of hydrogen-bond acceptors (Lipinski definition) is 9. The van der Waals surface area contributed by atoms with Gasteiger partial charge in [0.1, 0.15) is 0 Å². The molecule has 0 aromatic heterocycles. The predicted molar refractivity (Wildman–Crippen MR) is 137 cm³/mol. The van der Waals surface area contributed by atoms with Crippen molar-refractivity contribution in [3.63, 3.8) is 0 Å². The molecule has 3 amide bonds. The fourth-order valence-electron chi connectivity index (χ4n) is 5.64. The molecule has 4 rings (SSSR count). The van der Waals surface area contributed by atoms with Crippen LogP contribution in [0.15, 0.2) is 10.8 Å². The lowest BCUT2D eigenvalue weighted by atomic mass is 9.79. The fraction of sp³-hybridized carbons (Fsp3) is 0.696. The number of aliphatic hydroxyl groups is 1. The second kappa shape index (κ2) is 11.0. The highest BCUT2D eigenvalue weighted by Gasteiger charge is 2.60. The zero-order valence-corrected chi connectivity index (χ0v) is 22.4. The molecule has 0 aliphatic carbocycles. The standard InChI is InChI=1S/C23H35N7O7S/c1-10-17-16(11(2)31)20(34)30(17)21(37-23(35)36)18(10)38-13-6-14(26-7-13)19(33)29-5-4-12(8-29)27-15(32)9-28(3)22(24)25/h10-14,16-17,26,31H,4-9H2,1-3H3,(H3,24,25)(H,27,32)(H,35,36)/t10?,11?,12?,13?,14?,16?,17-/m0/s1. The third-order valence-corrected chi connectivity index (χ3v) is 9.08. The Morgan fingerprint density at radius 2 is 2.11 bits per heavy atom. The Labute approximate surface area is 224 Å². The summed E-state index contributed by atoms with van der Waals surface area (Å²) in [5, 5.41) is 32.7. The van der Waals surface area contributed by atoms with Gasteiger partial charge in [-0.2, -0.15) is 0 Å². The number of carboxylic acid groups (broad SMARTS) is 1. The van der Waals surface area contributed by atoms with Crippen molar-refractivity contribution in [3.05, 3.63) is 10.8 Å². The molecule has 0 aromatic carbocycles. The van der Waals surface area contributed by atoms with Crippen LogP contribution in [0.5, 0.6) is 0 Å². The van der Waals surface area contributed by atoms with Crippen LogP contribution in [0.3, 0.4) is 0 Å². The van der Waals surface area contributed by atoms with E-state index in [1.807, 2.05) is 6.92 Å². The van der Waals surface area contributed by atoms with Crippen molar-refractivity contribution < 1.29 is 34.1 Å². The number of nitrogens with two attached hydrogens (primary N) is 1. The first-order chi connectivity index (χ1) is 17.9. The SMILES string of the molecule is CC(O)C1C(=O)N2C(OC(=O)O)=C(SC3CNC(C(=O)N4CCC(NC(=O)CN(C)C(=N)N)C4)C3)C(C)[C@@H]12. The largest absolute Gasteiger partial charge is 0.512 e. The van der Waals surface area contributed by atoms with Gasteiger partial charge in [0, 0.05) is 43.9 Å². The van der Waals surface area contributed by atoms with E-state index in [2.05, 4.69) is 10.6 Å². The maximum atomic E-state index is 13.2. The quantitative estimate of drug-likeness (QED) is 0.0904. The van der Waals surface area contributed by atoms with Crippen molar-refractivity contribution in [1.82, 2.24) is 25.3 Å². The average Bonchev–Trinajstić information content (AvgIpc) is 3.52. The summed E-state index contributed by atoms with van der Waals surface area (Å²) in [6, 6.07) is -0.962. The Morgan fingerprint density at radius 3 is 2.74 bits per heavy atom. The van der Waals surface area contributed by atoms with Crippen LogP contribution in [0.4, 0.5) is 4.79 Å². The van der Waals surface area contributed by atoms with Crippen LogP contribution < -0.4 is 16.4 Å². The van der Waals surface area contributed by atoms with Gasteiger partial charge in [-0.05, 0) is 19.8 Å². The molecule has 4 aliphatic rings. The van der Waals surface area contributed by atoms with Crippen LogP contribution in [-0.4, -0.2) is 117 Å². The number of β-lactam (4-membered cyclic amide) rings is 1. The van der Waals surface area contributed by atoms with Crippen LogP contribution in [-0.2, 0) is 19.1 Å². The molecule has 38 heavy (non-hydrogen) atoms. The Balaban J connectivity index is 1.33. The number of carbonyl (C=O) groups excluding carboxylic acids is 3. The average molecular weight is 554 g/mol. The van der Waals surface area contributed by atoms with Gasteiger partial charge in [0.15, 0.2) is 5.96 Å². The summed E-state index contributed by atoms with van der Waals surface area (Å²) in [6.07, 6.45) is -1.24. The third kappa shape index (κ3) is 5.40. The number of hydrogen-bond donors (Lipinski definition) is 6. The lowest BCUT2D eigenvalue weighted by Crippen LogP contribution is -2.63.